The molecule has 0 amide bonds. The fourth-order valence-corrected chi connectivity index (χ4v) is 5.57. The van der Waals surface area contributed by atoms with Gasteiger partial charge in [-0.25, -0.2) is 13.2 Å². The van der Waals surface area contributed by atoms with Crippen molar-refractivity contribution in [2.75, 3.05) is 20.2 Å². The van der Waals surface area contributed by atoms with E-state index in [2.05, 4.69) is 5.32 Å². The highest BCUT2D eigenvalue weighted by Gasteiger charge is 2.43. The number of methoxy groups -OCH3 is 1. The Hall–Kier alpha value is -1.44. The third-order valence-corrected chi connectivity index (χ3v) is 6.77. The van der Waals surface area contributed by atoms with E-state index in [0.29, 0.717) is 17.7 Å². The molecule has 2 aliphatic heterocycles. The normalized spacial score (nSPS) is 25.1. The zero-order valence-corrected chi connectivity index (χ0v) is 14.2. The van der Waals surface area contributed by atoms with Gasteiger partial charge in [0, 0.05) is 18.6 Å². The average Bonchev–Trinajstić information content (AvgIpc) is 2.80. The number of hydrogen-bond donors (Lipinski definition) is 1. The molecule has 6 nitrogen and oxygen atoms in total. The Balaban J connectivity index is 1.97. The van der Waals surface area contributed by atoms with E-state index in [1.807, 2.05) is 0 Å². The van der Waals surface area contributed by atoms with Crippen molar-refractivity contribution in [2.24, 2.45) is 0 Å². The van der Waals surface area contributed by atoms with Crippen molar-refractivity contribution < 1.29 is 17.9 Å². The molecule has 2 saturated heterocycles. The van der Waals surface area contributed by atoms with Gasteiger partial charge < -0.3 is 10.1 Å². The summed E-state index contributed by atoms with van der Waals surface area (Å²) >= 11 is 0. The quantitative estimate of drug-likeness (QED) is 0.841. The molecule has 7 heteroatoms. The fourth-order valence-electron chi connectivity index (χ4n) is 3.59. The van der Waals surface area contributed by atoms with E-state index in [0.717, 1.165) is 25.8 Å². The van der Waals surface area contributed by atoms with Crippen LogP contribution in [0, 0.1) is 6.92 Å². The largest absolute Gasteiger partial charge is 0.465 e. The molecule has 2 bridgehead atoms. The van der Waals surface area contributed by atoms with Crippen LogP contribution in [-0.2, 0) is 14.8 Å². The minimum atomic E-state index is -3.55. The van der Waals surface area contributed by atoms with Crippen molar-refractivity contribution in [3.63, 3.8) is 0 Å². The van der Waals surface area contributed by atoms with Gasteiger partial charge in [0.2, 0.25) is 10.0 Å². The fraction of sp³-hybridized carbons (Fsp3) is 0.562. The maximum absolute atomic E-state index is 13.1. The second kappa shape index (κ2) is 6.22. The molecule has 0 saturated carbocycles. The third kappa shape index (κ3) is 2.88. The molecule has 0 aliphatic carbocycles. The number of nitrogens with one attached hydrogen (secondary N) is 1. The van der Waals surface area contributed by atoms with Gasteiger partial charge in [-0.3, -0.25) is 0 Å². The van der Waals surface area contributed by atoms with Crippen LogP contribution in [-0.4, -0.2) is 51.0 Å². The Morgan fingerprint density at radius 1 is 1.26 bits per heavy atom. The van der Waals surface area contributed by atoms with E-state index in [1.54, 1.807) is 17.3 Å². The summed E-state index contributed by atoms with van der Waals surface area (Å²) < 4.78 is 32.6. The molecule has 2 heterocycles. The van der Waals surface area contributed by atoms with Gasteiger partial charge >= 0.3 is 5.97 Å². The first-order valence-electron chi connectivity index (χ1n) is 7.88. The van der Waals surface area contributed by atoms with E-state index in [-0.39, 0.29) is 17.0 Å². The van der Waals surface area contributed by atoms with Crippen LogP contribution in [0.25, 0.3) is 0 Å². The van der Waals surface area contributed by atoms with Crippen LogP contribution in [0.4, 0.5) is 0 Å². The van der Waals surface area contributed by atoms with Gasteiger partial charge in [0.1, 0.15) is 0 Å². The van der Waals surface area contributed by atoms with Gasteiger partial charge in [-0.2, -0.15) is 4.31 Å². The average molecular weight is 338 g/mol. The molecule has 0 radical (unpaired) electrons. The lowest BCUT2D eigenvalue weighted by Gasteiger charge is -2.27. The Morgan fingerprint density at radius 3 is 2.70 bits per heavy atom. The van der Waals surface area contributed by atoms with Crippen LogP contribution in [0.5, 0.6) is 0 Å². The van der Waals surface area contributed by atoms with Crippen molar-refractivity contribution in [2.45, 2.75) is 43.2 Å². The molecular formula is C16H22N2O4S. The first-order chi connectivity index (χ1) is 10.9. The Labute approximate surface area is 136 Å². The smallest absolute Gasteiger partial charge is 0.338 e. The van der Waals surface area contributed by atoms with Gasteiger partial charge in [-0.1, -0.05) is 0 Å². The van der Waals surface area contributed by atoms with Crippen molar-refractivity contribution in [1.82, 2.24) is 9.62 Å². The summed E-state index contributed by atoms with van der Waals surface area (Å²) in [7, 11) is -2.24. The van der Waals surface area contributed by atoms with Crippen LogP contribution in [0.2, 0.25) is 0 Å². The molecule has 2 aliphatic rings. The SMILES string of the molecule is COC(=O)c1ccc(S(=O)(=O)N2C3CCNCC2CC3)cc1C. The maximum atomic E-state index is 13.1. The summed E-state index contributed by atoms with van der Waals surface area (Å²) in [5, 5.41) is 3.31. The number of rotatable bonds is 3. The topological polar surface area (TPSA) is 75.7 Å². The number of sulfonamides is 1. The third-order valence-electron chi connectivity index (χ3n) is 4.77. The van der Waals surface area contributed by atoms with Crippen LogP contribution in [0.1, 0.15) is 35.2 Å². The summed E-state index contributed by atoms with van der Waals surface area (Å²) in [6.45, 7) is 3.28. The molecule has 2 fully saturated rings. The van der Waals surface area contributed by atoms with Gasteiger partial charge in [0.25, 0.3) is 0 Å². The standard InChI is InChI=1S/C16H22N2O4S/c1-11-9-14(5-6-15(11)16(19)22-2)23(20,21)18-12-3-4-13(18)10-17-8-7-12/h5-6,9,12-13,17H,3-4,7-8,10H2,1-2H3. The van der Waals surface area contributed by atoms with Gasteiger partial charge in [0.15, 0.2) is 0 Å². The molecule has 1 N–H and O–H groups in total. The number of carbonyl (C=O) groups excluding carboxylic acids is 1. The molecule has 3 rings (SSSR count). The van der Waals surface area contributed by atoms with Crippen LogP contribution in [0.3, 0.4) is 0 Å². The molecule has 0 aromatic heterocycles. The van der Waals surface area contributed by atoms with Gasteiger partial charge in [0.05, 0.1) is 17.6 Å². The summed E-state index contributed by atoms with van der Waals surface area (Å²) in [5.74, 6) is -0.453. The van der Waals surface area contributed by atoms with Crippen LogP contribution in [0.15, 0.2) is 23.1 Å². The van der Waals surface area contributed by atoms with Crippen molar-refractivity contribution in [3.8, 4) is 0 Å². The molecule has 2 unspecified atom stereocenters. The van der Waals surface area contributed by atoms with Gasteiger partial charge in [-0.15, -0.1) is 0 Å². The zero-order valence-electron chi connectivity index (χ0n) is 13.4. The second-order valence-electron chi connectivity index (χ2n) is 6.18. The van der Waals surface area contributed by atoms with Gasteiger partial charge in [-0.05, 0) is 56.5 Å². The minimum absolute atomic E-state index is 0.0214. The summed E-state index contributed by atoms with van der Waals surface area (Å²) in [6.07, 6.45) is 2.66. The number of aryl methyl sites for hydroxylation is 1. The summed E-state index contributed by atoms with van der Waals surface area (Å²) in [6, 6.07) is 4.70. The second-order valence-corrected chi connectivity index (χ2v) is 8.02. The molecule has 126 valence electrons. The number of fused-ring (bicyclic) bond motifs is 2. The molecular weight excluding hydrogens is 316 g/mol. The molecule has 23 heavy (non-hydrogen) atoms. The number of hydrogen-bond acceptors (Lipinski definition) is 5. The van der Waals surface area contributed by atoms with Crippen molar-refractivity contribution in [3.05, 3.63) is 29.3 Å². The highest BCUT2D eigenvalue weighted by molar-refractivity contribution is 7.89. The zero-order chi connectivity index (χ0) is 16.6. The van der Waals surface area contributed by atoms with Crippen LogP contribution >= 0.6 is 0 Å². The summed E-state index contributed by atoms with van der Waals surface area (Å²) in [4.78, 5) is 11.9. The lowest BCUT2D eigenvalue weighted by Crippen LogP contribution is -2.42. The molecule has 2 atom stereocenters. The number of benzene rings is 1. The number of ether oxygens (including phenoxy) is 1. The Bertz CT molecular complexity index is 703. The molecule has 1 aromatic rings. The lowest BCUT2D eigenvalue weighted by atomic mass is 10.1. The lowest BCUT2D eigenvalue weighted by molar-refractivity contribution is 0.0600. The van der Waals surface area contributed by atoms with E-state index >= 15 is 0 Å². The highest BCUT2D eigenvalue weighted by Crippen LogP contribution is 2.34. The Morgan fingerprint density at radius 2 is 2.00 bits per heavy atom. The number of nitrogens with zero attached hydrogens (tertiary/aromatic N) is 1. The molecule has 1 aromatic carbocycles. The van der Waals surface area contributed by atoms with Crippen molar-refractivity contribution >= 4 is 16.0 Å². The van der Waals surface area contributed by atoms with E-state index < -0.39 is 16.0 Å². The monoisotopic (exact) mass is 338 g/mol. The minimum Gasteiger partial charge on any atom is -0.465 e. The van der Waals surface area contributed by atoms with E-state index in [9.17, 15) is 13.2 Å². The summed E-state index contributed by atoms with van der Waals surface area (Å²) in [5.41, 5.74) is 1.00. The Kier molecular flexibility index (Phi) is 4.44. The highest BCUT2D eigenvalue weighted by atomic mass is 32.2. The van der Waals surface area contributed by atoms with Crippen LogP contribution < -0.4 is 5.32 Å². The first kappa shape index (κ1) is 16.4. The number of esters is 1. The predicted molar refractivity (Wildman–Crippen MR) is 85.8 cm³/mol. The van der Waals surface area contributed by atoms with E-state index in [1.165, 1.54) is 19.2 Å². The first-order valence-corrected chi connectivity index (χ1v) is 9.32. The van der Waals surface area contributed by atoms with E-state index in [4.69, 9.17) is 4.74 Å². The molecule has 0 spiro atoms. The predicted octanol–water partition coefficient (Wildman–Crippen LogP) is 1.30. The maximum Gasteiger partial charge on any atom is 0.338 e. The number of carbonyl (C=O) groups is 1. The van der Waals surface area contributed by atoms with Crippen molar-refractivity contribution in [1.29, 1.82) is 0 Å².